The monoisotopic (exact) mass is 616 g/mol. The van der Waals surface area contributed by atoms with Crippen LogP contribution in [0.5, 0.6) is 0 Å². The summed E-state index contributed by atoms with van der Waals surface area (Å²) in [6, 6.07) is 13.9. The van der Waals surface area contributed by atoms with Crippen LogP contribution in [-0.4, -0.2) is 31.6 Å². The zero-order valence-corrected chi connectivity index (χ0v) is 30.9. The molecular formula is C42H69N3. The number of rotatable bonds is 8. The fourth-order valence-electron chi connectivity index (χ4n) is 7.24. The van der Waals surface area contributed by atoms with Crippen LogP contribution in [0.4, 0.5) is 0 Å². The Labute approximate surface area is 279 Å². The fourth-order valence-corrected chi connectivity index (χ4v) is 7.24. The molecule has 2 fully saturated rings. The molecule has 0 bridgehead atoms. The minimum atomic E-state index is 0.283. The third kappa shape index (κ3) is 11.4. The average molecular weight is 616 g/mol. The number of allylic oxidation sites excluding steroid dienone is 3. The van der Waals surface area contributed by atoms with E-state index in [2.05, 4.69) is 127 Å². The van der Waals surface area contributed by atoms with E-state index in [1.807, 2.05) is 13.8 Å². The number of hydrogen-bond donors (Lipinski definition) is 2. The summed E-state index contributed by atoms with van der Waals surface area (Å²) in [7, 11) is 1.50. The van der Waals surface area contributed by atoms with Gasteiger partial charge in [-0.25, -0.2) is 0 Å². The van der Waals surface area contributed by atoms with Gasteiger partial charge in [-0.15, -0.1) is 13.2 Å². The third-order valence-electron chi connectivity index (χ3n) is 9.71. The predicted molar refractivity (Wildman–Crippen MR) is 204 cm³/mol. The van der Waals surface area contributed by atoms with E-state index in [1.165, 1.54) is 104 Å². The van der Waals surface area contributed by atoms with Gasteiger partial charge in [0.2, 0.25) is 0 Å². The van der Waals surface area contributed by atoms with Crippen molar-refractivity contribution in [2.24, 2.45) is 34.1 Å². The topological polar surface area (TPSA) is 55.3 Å². The number of benzene rings is 2. The largest absolute Gasteiger partial charge is 0.333 e. The molecule has 2 aromatic rings. The Bertz CT molecular complexity index is 1190. The van der Waals surface area contributed by atoms with Crippen molar-refractivity contribution in [2.45, 2.75) is 107 Å². The van der Waals surface area contributed by atoms with Gasteiger partial charge in [0.1, 0.15) is 0 Å². The minimum Gasteiger partial charge on any atom is -0.333 e. The van der Waals surface area contributed by atoms with Gasteiger partial charge in [-0.3, -0.25) is 0 Å². The van der Waals surface area contributed by atoms with Gasteiger partial charge in [0.15, 0.2) is 0 Å². The van der Waals surface area contributed by atoms with Gasteiger partial charge < -0.3 is 16.4 Å². The van der Waals surface area contributed by atoms with Gasteiger partial charge in [0, 0.05) is 13.1 Å². The minimum absolute atomic E-state index is 0.283. The molecule has 1 aliphatic carbocycles. The van der Waals surface area contributed by atoms with E-state index in [0.29, 0.717) is 12.0 Å². The molecule has 1 saturated carbocycles. The third-order valence-corrected chi connectivity index (χ3v) is 9.71. The lowest BCUT2D eigenvalue weighted by atomic mass is 9.71. The Morgan fingerprint density at radius 1 is 1.00 bits per heavy atom. The maximum Gasteiger partial charge on any atom is 0.0184 e. The lowest BCUT2D eigenvalue weighted by Crippen LogP contribution is -2.38. The molecule has 45 heavy (non-hydrogen) atoms. The predicted octanol–water partition coefficient (Wildman–Crippen LogP) is 10.9. The molecule has 2 aliphatic rings. The van der Waals surface area contributed by atoms with Crippen LogP contribution in [0.2, 0.25) is 0 Å². The summed E-state index contributed by atoms with van der Waals surface area (Å²) in [6.45, 7) is 30.7. The second-order valence-corrected chi connectivity index (χ2v) is 14.0. The lowest BCUT2D eigenvalue weighted by Gasteiger charge is -2.35. The van der Waals surface area contributed by atoms with Crippen molar-refractivity contribution in [1.82, 2.24) is 4.90 Å². The summed E-state index contributed by atoms with van der Waals surface area (Å²) in [6.07, 6.45) is 14.8. The molecule has 0 radical (unpaired) electrons. The highest BCUT2D eigenvalue weighted by molar-refractivity contribution is 5.76. The standard InChI is InChI=1S/C37H54N2.C2H6.C2H4.CH5N/c1-8-35(37(7)20-10-11-28(37)3)34-17-16-31(23-27(34)2)32-15-14-30(33(24-32)25-38)13-9-12-29-18-21-39(22-19-29)26-36(4,5)6;3*1-2/h8-9,13-17,23-24,28-29H,10-12,18-22,25-26,38H2,1-7H3;1-2H3;1-2H2;2H2,1H3/b13-9-,35-8+;;;. The first kappa shape index (κ1) is 40.6. The number of likely N-dealkylation sites (tertiary alicyclic amines) is 1. The molecule has 3 nitrogen and oxygen atoms in total. The molecule has 0 amide bonds. The second kappa shape index (κ2) is 19.9. The molecule has 4 rings (SSSR count). The molecule has 1 heterocycles. The van der Waals surface area contributed by atoms with Crippen molar-refractivity contribution in [3.63, 3.8) is 0 Å². The van der Waals surface area contributed by atoms with Crippen LogP contribution in [0.25, 0.3) is 22.8 Å². The molecule has 1 saturated heterocycles. The maximum absolute atomic E-state index is 6.24. The number of nitrogens with two attached hydrogens (primary N) is 2. The first-order valence-electron chi connectivity index (χ1n) is 17.6. The van der Waals surface area contributed by atoms with Crippen molar-refractivity contribution in [2.75, 3.05) is 26.7 Å². The maximum atomic E-state index is 6.24. The first-order chi connectivity index (χ1) is 21.5. The van der Waals surface area contributed by atoms with Crippen molar-refractivity contribution >= 4 is 11.6 Å². The second-order valence-electron chi connectivity index (χ2n) is 14.0. The zero-order chi connectivity index (χ0) is 34.2. The number of aryl methyl sites for hydroxylation is 1. The highest BCUT2D eigenvalue weighted by Crippen LogP contribution is 2.52. The molecule has 1 aliphatic heterocycles. The van der Waals surface area contributed by atoms with E-state index in [4.69, 9.17) is 5.73 Å². The van der Waals surface area contributed by atoms with Gasteiger partial charge in [0.25, 0.3) is 0 Å². The molecular weight excluding hydrogens is 546 g/mol. The van der Waals surface area contributed by atoms with Gasteiger partial charge in [-0.1, -0.05) is 103 Å². The highest BCUT2D eigenvalue weighted by atomic mass is 15.1. The number of piperidine rings is 1. The fraction of sp³-hybridized carbons (Fsp3) is 0.571. The molecule has 0 aromatic heterocycles. The van der Waals surface area contributed by atoms with Crippen molar-refractivity contribution < 1.29 is 0 Å². The van der Waals surface area contributed by atoms with Gasteiger partial charge >= 0.3 is 0 Å². The van der Waals surface area contributed by atoms with Crippen molar-refractivity contribution in [3.8, 4) is 11.1 Å². The van der Waals surface area contributed by atoms with Crippen LogP contribution in [-0.2, 0) is 6.54 Å². The molecule has 0 spiro atoms. The van der Waals surface area contributed by atoms with Gasteiger partial charge in [-0.05, 0) is 134 Å². The first-order valence-corrected chi connectivity index (χ1v) is 17.6. The van der Waals surface area contributed by atoms with E-state index in [9.17, 15) is 0 Å². The van der Waals surface area contributed by atoms with E-state index in [0.717, 1.165) is 11.8 Å². The summed E-state index contributed by atoms with van der Waals surface area (Å²) >= 11 is 0. The lowest BCUT2D eigenvalue weighted by molar-refractivity contribution is 0.137. The van der Waals surface area contributed by atoms with E-state index < -0.39 is 0 Å². The zero-order valence-electron chi connectivity index (χ0n) is 30.9. The van der Waals surface area contributed by atoms with Crippen molar-refractivity contribution in [3.05, 3.63) is 84.0 Å². The van der Waals surface area contributed by atoms with E-state index in [-0.39, 0.29) is 5.41 Å². The molecule has 3 heteroatoms. The average Bonchev–Trinajstić information content (AvgIpc) is 3.39. The summed E-state index contributed by atoms with van der Waals surface area (Å²) in [5.74, 6) is 1.54. The smallest absolute Gasteiger partial charge is 0.0184 e. The quantitative estimate of drug-likeness (QED) is 0.290. The molecule has 252 valence electrons. The Hall–Kier alpha value is -2.46. The van der Waals surface area contributed by atoms with Crippen LogP contribution >= 0.6 is 0 Å². The summed E-state index contributed by atoms with van der Waals surface area (Å²) in [5.41, 5.74) is 20.8. The Balaban J connectivity index is 0.00000159. The normalized spacial score (nSPS) is 20.9. The number of hydrogen-bond acceptors (Lipinski definition) is 3. The Morgan fingerprint density at radius 2 is 1.60 bits per heavy atom. The SMILES string of the molecule is C/C=C(\c1ccc(-c2ccc(/C=C\CC3CCN(CC(C)(C)C)CC3)c(CN)c2)cc1C)C1(C)CCCC1C.C=C.CC.CN. The summed E-state index contributed by atoms with van der Waals surface area (Å²) in [5, 5.41) is 0. The molecule has 4 N–H and O–H groups in total. The Kier molecular flexibility index (Phi) is 18.0. The van der Waals surface area contributed by atoms with Crippen LogP contribution in [0, 0.1) is 29.6 Å². The van der Waals surface area contributed by atoms with Gasteiger partial charge in [-0.2, -0.15) is 0 Å². The molecule has 2 atom stereocenters. The van der Waals surface area contributed by atoms with Gasteiger partial charge in [0.05, 0.1) is 0 Å². The van der Waals surface area contributed by atoms with E-state index in [1.54, 1.807) is 0 Å². The summed E-state index contributed by atoms with van der Waals surface area (Å²) in [4.78, 5) is 2.65. The molecule has 2 unspecified atom stereocenters. The van der Waals surface area contributed by atoms with Crippen LogP contribution < -0.4 is 11.5 Å². The van der Waals surface area contributed by atoms with Crippen molar-refractivity contribution in [1.29, 1.82) is 0 Å². The summed E-state index contributed by atoms with van der Waals surface area (Å²) < 4.78 is 0. The number of nitrogens with zero attached hydrogens (tertiary/aromatic N) is 1. The molecule has 2 aromatic carbocycles. The van der Waals surface area contributed by atoms with E-state index >= 15 is 0 Å². The van der Waals surface area contributed by atoms with Crippen LogP contribution in [0.15, 0.2) is 61.7 Å². The van der Waals surface area contributed by atoms with Crippen LogP contribution in [0.1, 0.15) is 116 Å². The van der Waals surface area contributed by atoms with Crippen LogP contribution in [0.3, 0.4) is 0 Å². The Morgan fingerprint density at radius 3 is 2.11 bits per heavy atom. The highest BCUT2D eigenvalue weighted by Gasteiger charge is 2.39.